The van der Waals surface area contributed by atoms with Crippen molar-refractivity contribution in [3.05, 3.63) is 54.6 Å². The van der Waals surface area contributed by atoms with Crippen molar-refractivity contribution in [2.75, 3.05) is 0 Å². The van der Waals surface area contributed by atoms with E-state index >= 15 is 0 Å². The molecule has 4 nitrogen and oxygen atoms in total. The summed E-state index contributed by atoms with van der Waals surface area (Å²) in [5, 5.41) is 0. The molecule has 1 aromatic rings. The highest BCUT2D eigenvalue weighted by Gasteiger charge is 2.02. The molecule has 0 bridgehead atoms. The minimum absolute atomic E-state index is 0.765. The summed E-state index contributed by atoms with van der Waals surface area (Å²) in [5.41, 5.74) is 0.842. The van der Waals surface area contributed by atoms with Gasteiger partial charge in [-0.15, -0.1) is 0 Å². The molecule has 0 aromatic heterocycles. The molecule has 0 aliphatic rings. The zero-order chi connectivity index (χ0) is 11.8. The minimum Gasteiger partial charge on any atom is -0.242 e. The van der Waals surface area contributed by atoms with E-state index in [9.17, 15) is 9.59 Å². The lowest BCUT2D eigenvalue weighted by Gasteiger charge is -1.96. The molecule has 82 valence electrons. The van der Waals surface area contributed by atoms with Crippen molar-refractivity contribution < 1.29 is 19.4 Å². The number of benzene rings is 1. The van der Waals surface area contributed by atoms with Crippen LogP contribution in [0.15, 0.2) is 49.1 Å². The van der Waals surface area contributed by atoms with Crippen LogP contribution in [0.3, 0.4) is 0 Å². The maximum Gasteiger partial charge on any atom is 0.379 e. The van der Waals surface area contributed by atoms with E-state index in [1.165, 1.54) is 0 Å². The number of rotatable bonds is 3. The van der Waals surface area contributed by atoms with Crippen molar-refractivity contribution in [3.8, 4) is 0 Å². The minimum atomic E-state index is -0.818. The number of carbonyl (C=O) groups excluding carboxylic acids is 2. The normalized spacial score (nSPS) is 9.75. The zero-order valence-electron chi connectivity index (χ0n) is 8.46. The Bertz CT molecular complexity index is 406. The van der Waals surface area contributed by atoms with Crippen molar-refractivity contribution >= 4 is 18.0 Å². The molecule has 0 amide bonds. The largest absolute Gasteiger partial charge is 0.379 e. The molecule has 0 radical (unpaired) electrons. The molecule has 1 aromatic carbocycles. The monoisotopic (exact) mass is 218 g/mol. The first-order valence-electron chi connectivity index (χ1n) is 4.50. The lowest BCUT2D eigenvalue weighted by atomic mass is 10.2. The maximum absolute atomic E-state index is 11.0. The fourth-order valence-electron chi connectivity index (χ4n) is 0.872. The summed E-state index contributed by atoms with van der Waals surface area (Å²) in [5.74, 6) is -1.58. The Kier molecular flexibility index (Phi) is 4.53. The first kappa shape index (κ1) is 11.7. The molecule has 4 heteroatoms. The highest BCUT2D eigenvalue weighted by atomic mass is 17.2. The Balaban J connectivity index is 2.43. The Labute approximate surface area is 92.7 Å². The van der Waals surface area contributed by atoms with Crippen molar-refractivity contribution in [3.63, 3.8) is 0 Å². The number of hydrogen-bond acceptors (Lipinski definition) is 4. The van der Waals surface area contributed by atoms with Gasteiger partial charge in [0.15, 0.2) is 0 Å². The second-order valence-corrected chi connectivity index (χ2v) is 2.75. The molecular weight excluding hydrogens is 208 g/mol. The van der Waals surface area contributed by atoms with E-state index in [4.69, 9.17) is 0 Å². The van der Waals surface area contributed by atoms with Crippen molar-refractivity contribution in [2.24, 2.45) is 0 Å². The van der Waals surface area contributed by atoms with Crippen LogP contribution in [0.25, 0.3) is 6.08 Å². The fourth-order valence-corrected chi connectivity index (χ4v) is 0.872. The molecular formula is C12H10O4. The summed E-state index contributed by atoms with van der Waals surface area (Å²) < 4.78 is 0. The average molecular weight is 218 g/mol. The molecule has 0 heterocycles. The summed E-state index contributed by atoms with van der Waals surface area (Å²) in [7, 11) is 0. The molecule has 0 atom stereocenters. The predicted molar refractivity (Wildman–Crippen MR) is 57.9 cm³/mol. The van der Waals surface area contributed by atoms with Gasteiger partial charge in [0.25, 0.3) is 0 Å². The standard InChI is InChI=1S/C12H10O4/c1-2-11(13)15-16-12(14)9-8-10-6-4-3-5-7-10/h2-9H,1H2. The summed E-state index contributed by atoms with van der Waals surface area (Å²) in [6, 6.07) is 9.17. The summed E-state index contributed by atoms with van der Waals surface area (Å²) >= 11 is 0. The zero-order valence-corrected chi connectivity index (χ0v) is 8.46. The van der Waals surface area contributed by atoms with Crippen LogP contribution >= 0.6 is 0 Å². The van der Waals surface area contributed by atoms with Crippen molar-refractivity contribution in [1.29, 1.82) is 0 Å². The molecule has 0 saturated heterocycles. The van der Waals surface area contributed by atoms with E-state index < -0.39 is 11.9 Å². The third-order valence-corrected chi connectivity index (χ3v) is 1.58. The van der Waals surface area contributed by atoms with Gasteiger partial charge in [0.1, 0.15) is 0 Å². The number of carbonyl (C=O) groups is 2. The van der Waals surface area contributed by atoms with Gasteiger partial charge in [-0.05, 0) is 11.6 Å². The third kappa shape index (κ3) is 4.23. The van der Waals surface area contributed by atoms with E-state index in [2.05, 4.69) is 16.4 Å². The van der Waals surface area contributed by atoms with Gasteiger partial charge in [0.05, 0.1) is 0 Å². The molecule has 16 heavy (non-hydrogen) atoms. The van der Waals surface area contributed by atoms with Crippen LogP contribution in [0.4, 0.5) is 0 Å². The lowest BCUT2D eigenvalue weighted by molar-refractivity contribution is -0.250. The quantitative estimate of drug-likeness (QED) is 0.441. The van der Waals surface area contributed by atoms with Crippen LogP contribution in [-0.2, 0) is 19.4 Å². The first-order valence-corrected chi connectivity index (χ1v) is 4.50. The van der Waals surface area contributed by atoms with E-state index in [0.717, 1.165) is 17.7 Å². The van der Waals surface area contributed by atoms with Crippen LogP contribution in [0.5, 0.6) is 0 Å². The highest BCUT2D eigenvalue weighted by molar-refractivity contribution is 5.88. The Morgan fingerprint density at radius 3 is 2.31 bits per heavy atom. The average Bonchev–Trinajstić information content (AvgIpc) is 2.34. The lowest BCUT2D eigenvalue weighted by Crippen LogP contribution is -2.06. The Morgan fingerprint density at radius 2 is 1.69 bits per heavy atom. The van der Waals surface area contributed by atoms with Gasteiger partial charge in [-0.1, -0.05) is 36.9 Å². The summed E-state index contributed by atoms with van der Waals surface area (Å²) in [4.78, 5) is 29.8. The second-order valence-electron chi connectivity index (χ2n) is 2.75. The van der Waals surface area contributed by atoms with Gasteiger partial charge >= 0.3 is 11.9 Å². The van der Waals surface area contributed by atoms with Gasteiger partial charge in [0, 0.05) is 12.2 Å². The van der Waals surface area contributed by atoms with Crippen LogP contribution in [-0.4, -0.2) is 11.9 Å². The molecule has 0 N–H and O–H groups in total. The smallest absolute Gasteiger partial charge is 0.242 e. The first-order chi connectivity index (χ1) is 7.72. The van der Waals surface area contributed by atoms with Gasteiger partial charge in [-0.3, -0.25) is 0 Å². The molecule has 0 aliphatic heterocycles. The Hall–Kier alpha value is -2.36. The maximum atomic E-state index is 11.0. The molecule has 0 unspecified atom stereocenters. The predicted octanol–water partition coefficient (Wildman–Crippen LogP) is 1.89. The molecule has 0 fully saturated rings. The molecule has 1 rings (SSSR count). The SMILES string of the molecule is C=CC(=O)OOC(=O)C=Cc1ccccc1. The van der Waals surface area contributed by atoms with Crippen LogP contribution in [0.1, 0.15) is 5.56 Å². The van der Waals surface area contributed by atoms with E-state index in [1.54, 1.807) is 6.08 Å². The van der Waals surface area contributed by atoms with Crippen molar-refractivity contribution in [1.82, 2.24) is 0 Å². The van der Waals surface area contributed by atoms with Crippen LogP contribution in [0, 0.1) is 0 Å². The van der Waals surface area contributed by atoms with Crippen LogP contribution in [0.2, 0.25) is 0 Å². The van der Waals surface area contributed by atoms with Gasteiger partial charge in [-0.2, -0.15) is 0 Å². The summed E-state index contributed by atoms with van der Waals surface area (Å²) in [6.45, 7) is 3.15. The van der Waals surface area contributed by atoms with Gasteiger partial charge in [0.2, 0.25) is 0 Å². The summed E-state index contributed by atoms with van der Waals surface area (Å²) in [6.07, 6.45) is 3.60. The van der Waals surface area contributed by atoms with E-state index in [0.29, 0.717) is 0 Å². The van der Waals surface area contributed by atoms with E-state index in [1.807, 2.05) is 30.3 Å². The van der Waals surface area contributed by atoms with Gasteiger partial charge in [-0.25, -0.2) is 19.4 Å². The fraction of sp³-hybridized carbons (Fsp3) is 0. The topological polar surface area (TPSA) is 52.6 Å². The molecule has 0 spiro atoms. The van der Waals surface area contributed by atoms with Crippen molar-refractivity contribution in [2.45, 2.75) is 0 Å². The highest BCUT2D eigenvalue weighted by Crippen LogP contribution is 2.01. The Morgan fingerprint density at radius 1 is 1.06 bits per heavy atom. The van der Waals surface area contributed by atoms with Crippen LogP contribution < -0.4 is 0 Å². The molecule has 0 saturated carbocycles. The molecule has 0 aliphatic carbocycles. The number of hydrogen-bond donors (Lipinski definition) is 0. The third-order valence-electron chi connectivity index (χ3n) is 1.58. The van der Waals surface area contributed by atoms with E-state index in [-0.39, 0.29) is 0 Å². The van der Waals surface area contributed by atoms with Gasteiger partial charge < -0.3 is 0 Å². The second kappa shape index (κ2) is 6.19.